The van der Waals surface area contributed by atoms with Gasteiger partial charge in [0.2, 0.25) is 0 Å². The number of carbonyl (C=O) groups excluding carboxylic acids is 1. The first-order chi connectivity index (χ1) is 13.5. The van der Waals surface area contributed by atoms with Gasteiger partial charge in [-0.05, 0) is 26.8 Å². The molecule has 0 aliphatic rings. The molecule has 0 amide bonds. The second-order valence-corrected chi connectivity index (χ2v) is 6.65. The predicted octanol–water partition coefficient (Wildman–Crippen LogP) is 3.73. The van der Waals surface area contributed by atoms with E-state index in [1.807, 2.05) is 44.2 Å². The van der Waals surface area contributed by atoms with Crippen molar-refractivity contribution in [2.75, 3.05) is 0 Å². The van der Waals surface area contributed by atoms with E-state index >= 15 is 0 Å². The van der Waals surface area contributed by atoms with Gasteiger partial charge in [-0.1, -0.05) is 35.5 Å². The van der Waals surface area contributed by atoms with Crippen molar-refractivity contribution in [1.29, 1.82) is 0 Å². The number of fused-ring (bicyclic) bond motifs is 1. The van der Waals surface area contributed by atoms with Crippen LogP contribution in [0.5, 0.6) is 0 Å². The van der Waals surface area contributed by atoms with Crippen LogP contribution in [0.15, 0.2) is 47.1 Å². The van der Waals surface area contributed by atoms with Gasteiger partial charge in [-0.3, -0.25) is 0 Å². The molecule has 0 radical (unpaired) electrons. The fourth-order valence-electron chi connectivity index (χ4n) is 2.93. The Labute approximate surface area is 161 Å². The number of carbonyl (C=O) groups is 1. The molecule has 0 saturated heterocycles. The number of benzene rings is 1. The summed E-state index contributed by atoms with van der Waals surface area (Å²) >= 11 is 0. The summed E-state index contributed by atoms with van der Waals surface area (Å²) in [5.41, 5.74) is 2.61. The predicted molar refractivity (Wildman–Crippen MR) is 102 cm³/mol. The fourth-order valence-corrected chi connectivity index (χ4v) is 2.93. The van der Waals surface area contributed by atoms with Crippen LogP contribution in [-0.2, 0) is 11.3 Å². The van der Waals surface area contributed by atoms with E-state index < -0.39 is 5.97 Å². The van der Waals surface area contributed by atoms with E-state index in [1.54, 1.807) is 23.9 Å². The van der Waals surface area contributed by atoms with E-state index in [1.165, 1.54) is 0 Å². The maximum absolute atomic E-state index is 12.8. The van der Waals surface area contributed by atoms with Crippen LogP contribution in [0.3, 0.4) is 0 Å². The van der Waals surface area contributed by atoms with Gasteiger partial charge in [-0.2, -0.15) is 10.1 Å². The van der Waals surface area contributed by atoms with Crippen LogP contribution < -0.4 is 0 Å². The molecule has 0 spiro atoms. The Morgan fingerprint density at radius 1 is 1.21 bits per heavy atom. The van der Waals surface area contributed by atoms with Crippen LogP contribution in [0, 0.1) is 6.92 Å². The van der Waals surface area contributed by atoms with Crippen LogP contribution in [0.25, 0.3) is 22.3 Å². The average Bonchev–Trinajstić information content (AvgIpc) is 3.32. The Balaban J connectivity index is 1.76. The molecule has 0 bridgehead atoms. The number of hydrogen-bond acceptors (Lipinski definition) is 7. The maximum atomic E-state index is 12.8. The van der Waals surface area contributed by atoms with Crippen molar-refractivity contribution < 1.29 is 14.1 Å². The molecule has 4 aromatic rings. The minimum absolute atomic E-state index is 0.0948. The summed E-state index contributed by atoms with van der Waals surface area (Å²) in [6, 6.07) is 11.5. The Kier molecular flexibility index (Phi) is 4.60. The smallest absolute Gasteiger partial charge is 0.339 e. The first-order valence-electron chi connectivity index (χ1n) is 8.93. The van der Waals surface area contributed by atoms with Gasteiger partial charge in [0.25, 0.3) is 5.89 Å². The third kappa shape index (κ3) is 3.36. The normalized spacial score (nSPS) is 11.3. The van der Waals surface area contributed by atoms with E-state index in [-0.39, 0.29) is 18.5 Å². The molecule has 142 valence electrons. The lowest BCUT2D eigenvalue weighted by Crippen LogP contribution is -2.08. The zero-order valence-corrected chi connectivity index (χ0v) is 15.8. The third-order valence-corrected chi connectivity index (χ3v) is 4.24. The molecule has 0 aliphatic heterocycles. The molecule has 0 saturated carbocycles. The zero-order chi connectivity index (χ0) is 19.7. The quantitative estimate of drug-likeness (QED) is 0.489. The highest BCUT2D eigenvalue weighted by molar-refractivity contribution is 6.03. The molecular weight excluding hydrogens is 358 g/mol. The van der Waals surface area contributed by atoms with Crippen LogP contribution in [0.2, 0.25) is 0 Å². The molecule has 8 nitrogen and oxygen atoms in total. The van der Waals surface area contributed by atoms with Crippen LogP contribution in [0.4, 0.5) is 0 Å². The van der Waals surface area contributed by atoms with Crippen LogP contribution >= 0.6 is 0 Å². The summed E-state index contributed by atoms with van der Waals surface area (Å²) in [6.07, 6.45) is 1.64. The molecule has 0 N–H and O–H groups in total. The first kappa shape index (κ1) is 17.8. The number of nitrogens with zero attached hydrogens (tertiary/aromatic N) is 5. The van der Waals surface area contributed by atoms with E-state index in [9.17, 15) is 4.79 Å². The molecule has 3 heterocycles. The second-order valence-electron chi connectivity index (χ2n) is 6.65. The minimum Gasteiger partial charge on any atom is -0.452 e. The largest absolute Gasteiger partial charge is 0.452 e. The number of hydrogen-bond donors (Lipinski definition) is 0. The van der Waals surface area contributed by atoms with Crippen molar-refractivity contribution in [3.8, 4) is 11.3 Å². The monoisotopic (exact) mass is 377 g/mol. The summed E-state index contributed by atoms with van der Waals surface area (Å²) in [6.45, 7) is 5.63. The molecule has 28 heavy (non-hydrogen) atoms. The summed E-state index contributed by atoms with van der Waals surface area (Å²) in [4.78, 5) is 21.6. The molecule has 0 fully saturated rings. The van der Waals surface area contributed by atoms with Gasteiger partial charge in [0.05, 0.1) is 22.8 Å². The standard InChI is InChI=1S/C20H19N5O3/c1-12(2)25-19-16(10-21-25)15(9-17(23-19)14-7-5-4-6-8-14)20(26)27-11-18-22-13(3)24-28-18/h4-10,12H,11H2,1-3H3. The number of pyridine rings is 1. The Hall–Kier alpha value is -3.55. The summed E-state index contributed by atoms with van der Waals surface area (Å²) in [7, 11) is 0. The van der Waals surface area contributed by atoms with Gasteiger partial charge in [-0.15, -0.1) is 0 Å². The van der Waals surface area contributed by atoms with Crippen molar-refractivity contribution in [3.05, 3.63) is 59.9 Å². The average molecular weight is 377 g/mol. The number of esters is 1. The molecule has 4 rings (SSSR count). The number of aryl methyl sites for hydroxylation is 1. The van der Waals surface area contributed by atoms with E-state index in [0.29, 0.717) is 28.1 Å². The second kappa shape index (κ2) is 7.22. The topological polar surface area (TPSA) is 95.9 Å². The van der Waals surface area contributed by atoms with Crippen LogP contribution in [0.1, 0.15) is 42.0 Å². The first-order valence-corrected chi connectivity index (χ1v) is 8.93. The molecule has 0 aliphatic carbocycles. The molecule has 3 aromatic heterocycles. The van der Waals surface area contributed by atoms with Gasteiger partial charge < -0.3 is 9.26 Å². The highest BCUT2D eigenvalue weighted by Crippen LogP contribution is 2.27. The fraction of sp³-hybridized carbons (Fsp3) is 0.250. The van der Waals surface area contributed by atoms with Crippen LogP contribution in [-0.4, -0.2) is 30.9 Å². The molecule has 1 aromatic carbocycles. The lowest BCUT2D eigenvalue weighted by atomic mass is 10.1. The van der Waals surface area contributed by atoms with E-state index in [4.69, 9.17) is 14.2 Å². The number of aromatic nitrogens is 5. The van der Waals surface area contributed by atoms with Gasteiger partial charge in [0.15, 0.2) is 18.1 Å². The van der Waals surface area contributed by atoms with Crippen molar-refractivity contribution in [3.63, 3.8) is 0 Å². The van der Waals surface area contributed by atoms with Crippen molar-refractivity contribution >= 4 is 17.0 Å². The molecular formula is C20H19N5O3. The Morgan fingerprint density at radius 3 is 2.68 bits per heavy atom. The minimum atomic E-state index is -0.497. The van der Waals surface area contributed by atoms with Gasteiger partial charge in [-0.25, -0.2) is 14.5 Å². The van der Waals surface area contributed by atoms with Crippen molar-refractivity contribution in [1.82, 2.24) is 24.9 Å². The van der Waals surface area contributed by atoms with Crippen molar-refractivity contribution in [2.45, 2.75) is 33.4 Å². The third-order valence-electron chi connectivity index (χ3n) is 4.24. The summed E-state index contributed by atoms with van der Waals surface area (Å²) < 4.78 is 12.2. The molecule has 8 heteroatoms. The lowest BCUT2D eigenvalue weighted by Gasteiger charge is -2.10. The van der Waals surface area contributed by atoms with Gasteiger partial charge in [0.1, 0.15) is 0 Å². The highest BCUT2D eigenvalue weighted by Gasteiger charge is 2.20. The van der Waals surface area contributed by atoms with E-state index in [0.717, 1.165) is 5.56 Å². The van der Waals surface area contributed by atoms with Gasteiger partial charge in [0, 0.05) is 11.6 Å². The molecule has 0 atom stereocenters. The zero-order valence-electron chi connectivity index (χ0n) is 15.8. The summed E-state index contributed by atoms with van der Waals surface area (Å²) in [5.74, 6) is 0.239. The molecule has 0 unspecified atom stereocenters. The Bertz CT molecular complexity index is 1130. The number of ether oxygens (including phenoxy) is 1. The van der Waals surface area contributed by atoms with E-state index in [2.05, 4.69) is 15.2 Å². The maximum Gasteiger partial charge on any atom is 0.339 e. The number of rotatable bonds is 5. The SMILES string of the molecule is Cc1noc(COC(=O)c2cc(-c3ccccc3)nc3c2cnn3C(C)C)n1. The van der Waals surface area contributed by atoms with Crippen molar-refractivity contribution in [2.24, 2.45) is 0 Å². The van der Waals surface area contributed by atoms with Gasteiger partial charge >= 0.3 is 5.97 Å². The highest BCUT2D eigenvalue weighted by atomic mass is 16.6. The lowest BCUT2D eigenvalue weighted by molar-refractivity contribution is 0.0432. The Morgan fingerprint density at radius 2 is 2.00 bits per heavy atom. The summed E-state index contributed by atoms with van der Waals surface area (Å²) in [5, 5.41) is 8.73.